The third kappa shape index (κ3) is 3.54. The highest BCUT2D eigenvalue weighted by atomic mass is 16.7. The van der Waals surface area contributed by atoms with E-state index in [-0.39, 0.29) is 17.6 Å². The lowest BCUT2D eigenvalue weighted by Crippen LogP contribution is -2.32. The van der Waals surface area contributed by atoms with Gasteiger partial charge in [0.15, 0.2) is 6.29 Å². The average Bonchev–Trinajstić information content (AvgIpc) is 2.75. The van der Waals surface area contributed by atoms with E-state index in [1.807, 2.05) is 18.7 Å². The van der Waals surface area contributed by atoms with Crippen LogP contribution in [0.5, 0.6) is 0 Å². The molecular formula is C18H31NO3. The van der Waals surface area contributed by atoms with Crippen LogP contribution in [0.25, 0.3) is 0 Å². The number of amides is 1. The van der Waals surface area contributed by atoms with E-state index in [1.54, 1.807) is 0 Å². The van der Waals surface area contributed by atoms with E-state index in [1.165, 1.54) is 17.7 Å². The van der Waals surface area contributed by atoms with Gasteiger partial charge in [0.2, 0.25) is 5.91 Å². The number of fused-ring (bicyclic) bond motifs is 1. The molecular weight excluding hydrogens is 278 g/mol. The molecule has 2 aliphatic rings. The smallest absolute Gasteiger partial charge is 0.227 e. The Hall–Kier alpha value is -0.870. The van der Waals surface area contributed by atoms with Crippen LogP contribution in [0.1, 0.15) is 66.2 Å². The lowest BCUT2D eigenvalue weighted by molar-refractivity contribution is -0.144. The van der Waals surface area contributed by atoms with Crippen molar-refractivity contribution in [1.82, 2.24) is 4.90 Å². The molecule has 22 heavy (non-hydrogen) atoms. The second-order valence-electron chi connectivity index (χ2n) is 6.57. The first-order chi connectivity index (χ1) is 10.6. The van der Waals surface area contributed by atoms with Crippen LogP contribution in [0.3, 0.4) is 0 Å². The van der Waals surface area contributed by atoms with Gasteiger partial charge in [-0.25, -0.2) is 0 Å². The van der Waals surface area contributed by atoms with Gasteiger partial charge in [0.25, 0.3) is 0 Å². The first kappa shape index (κ1) is 17.5. The number of nitrogens with zero attached hydrogens (tertiary/aromatic N) is 1. The number of hydrogen-bond acceptors (Lipinski definition) is 3. The van der Waals surface area contributed by atoms with Crippen molar-refractivity contribution in [3.05, 3.63) is 11.3 Å². The zero-order chi connectivity index (χ0) is 16.2. The highest BCUT2D eigenvalue weighted by molar-refractivity contribution is 5.83. The number of carbonyl (C=O) groups excluding carboxylic acids is 1. The minimum absolute atomic E-state index is 0.0629. The van der Waals surface area contributed by atoms with Gasteiger partial charge in [-0.05, 0) is 39.5 Å². The Morgan fingerprint density at radius 2 is 1.91 bits per heavy atom. The summed E-state index contributed by atoms with van der Waals surface area (Å²) >= 11 is 0. The summed E-state index contributed by atoms with van der Waals surface area (Å²) in [5.41, 5.74) is 2.86. The highest BCUT2D eigenvalue weighted by Crippen LogP contribution is 2.50. The summed E-state index contributed by atoms with van der Waals surface area (Å²) in [5, 5.41) is 0. The van der Waals surface area contributed by atoms with Crippen LogP contribution in [0.2, 0.25) is 0 Å². The first-order valence-electron chi connectivity index (χ1n) is 8.81. The van der Waals surface area contributed by atoms with Crippen molar-refractivity contribution in [1.29, 1.82) is 0 Å². The molecule has 1 unspecified atom stereocenters. The molecule has 1 heterocycles. The molecule has 0 spiro atoms. The van der Waals surface area contributed by atoms with Crippen molar-refractivity contribution in [2.75, 3.05) is 19.8 Å². The Bertz CT molecular complexity index is 426. The van der Waals surface area contributed by atoms with Crippen LogP contribution in [0.15, 0.2) is 11.3 Å². The van der Waals surface area contributed by atoms with E-state index in [4.69, 9.17) is 9.47 Å². The topological polar surface area (TPSA) is 38.8 Å². The normalized spacial score (nSPS) is 25.3. The molecule has 0 radical (unpaired) electrons. The molecule has 1 aliphatic heterocycles. The fourth-order valence-corrected chi connectivity index (χ4v) is 4.00. The molecule has 1 atom stereocenters. The lowest BCUT2D eigenvalue weighted by atomic mass is 9.74. The zero-order valence-corrected chi connectivity index (χ0v) is 14.6. The molecule has 1 aliphatic carbocycles. The van der Waals surface area contributed by atoms with Crippen LogP contribution < -0.4 is 0 Å². The van der Waals surface area contributed by atoms with Crippen LogP contribution in [0, 0.1) is 5.41 Å². The Morgan fingerprint density at radius 3 is 2.50 bits per heavy atom. The molecule has 0 N–H and O–H groups in total. The summed E-state index contributed by atoms with van der Waals surface area (Å²) in [4.78, 5) is 14.6. The Balaban J connectivity index is 2.12. The maximum absolute atomic E-state index is 12.5. The van der Waals surface area contributed by atoms with Crippen LogP contribution in [-0.4, -0.2) is 36.9 Å². The van der Waals surface area contributed by atoms with Gasteiger partial charge in [-0.2, -0.15) is 0 Å². The fraction of sp³-hybridized carbons (Fsp3) is 0.833. The van der Waals surface area contributed by atoms with Crippen molar-refractivity contribution >= 4 is 5.91 Å². The van der Waals surface area contributed by atoms with Gasteiger partial charge in [-0.15, -0.1) is 0 Å². The van der Waals surface area contributed by atoms with Crippen LogP contribution in [0.4, 0.5) is 0 Å². The SMILES string of the molecule is CCOC(CCN1C(=O)CC2(C)CCCC(CC)=C12)OCC. The average molecular weight is 309 g/mol. The largest absolute Gasteiger partial charge is 0.353 e. The number of carbonyl (C=O) groups is 1. The first-order valence-corrected chi connectivity index (χ1v) is 8.81. The Kier molecular flexibility index (Phi) is 6.04. The molecule has 0 saturated carbocycles. The molecule has 2 rings (SSSR count). The van der Waals surface area contributed by atoms with Gasteiger partial charge in [0, 0.05) is 43.7 Å². The van der Waals surface area contributed by atoms with Gasteiger partial charge < -0.3 is 14.4 Å². The molecule has 0 bridgehead atoms. The summed E-state index contributed by atoms with van der Waals surface area (Å²) in [5.74, 6) is 0.275. The summed E-state index contributed by atoms with van der Waals surface area (Å²) in [6, 6.07) is 0. The van der Waals surface area contributed by atoms with E-state index in [0.29, 0.717) is 26.2 Å². The van der Waals surface area contributed by atoms with Crippen molar-refractivity contribution in [2.24, 2.45) is 5.41 Å². The predicted octanol–water partition coefficient (Wildman–Crippen LogP) is 3.86. The second kappa shape index (κ2) is 7.60. The zero-order valence-electron chi connectivity index (χ0n) is 14.6. The van der Waals surface area contributed by atoms with Gasteiger partial charge in [0.1, 0.15) is 0 Å². The fourth-order valence-electron chi connectivity index (χ4n) is 4.00. The van der Waals surface area contributed by atoms with E-state index in [0.717, 1.165) is 25.7 Å². The van der Waals surface area contributed by atoms with E-state index >= 15 is 0 Å². The standard InChI is InChI=1S/C18H31NO3/c1-5-14-9-8-11-18(4)13-15(20)19(17(14)18)12-10-16(21-6-2)22-7-3/h16H,5-13H2,1-4H3. The van der Waals surface area contributed by atoms with Gasteiger partial charge in [0.05, 0.1) is 0 Å². The molecule has 4 heteroatoms. The summed E-state index contributed by atoms with van der Waals surface area (Å²) < 4.78 is 11.2. The van der Waals surface area contributed by atoms with E-state index < -0.39 is 0 Å². The highest BCUT2D eigenvalue weighted by Gasteiger charge is 2.46. The monoisotopic (exact) mass is 309 g/mol. The van der Waals surface area contributed by atoms with Crippen molar-refractivity contribution in [3.8, 4) is 0 Å². The minimum Gasteiger partial charge on any atom is -0.353 e. The van der Waals surface area contributed by atoms with Crippen LogP contribution >= 0.6 is 0 Å². The lowest BCUT2D eigenvalue weighted by Gasteiger charge is -2.35. The molecule has 126 valence electrons. The molecule has 1 saturated heterocycles. The molecule has 0 aromatic rings. The number of likely N-dealkylation sites (tertiary alicyclic amines) is 1. The predicted molar refractivity (Wildman–Crippen MR) is 87.3 cm³/mol. The molecule has 1 fully saturated rings. The third-order valence-electron chi connectivity index (χ3n) is 4.95. The van der Waals surface area contributed by atoms with Crippen LogP contribution in [-0.2, 0) is 14.3 Å². The second-order valence-corrected chi connectivity index (χ2v) is 6.57. The van der Waals surface area contributed by atoms with Crippen molar-refractivity contribution in [2.45, 2.75) is 72.5 Å². The van der Waals surface area contributed by atoms with Gasteiger partial charge in [-0.3, -0.25) is 4.79 Å². The molecule has 1 amide bonds. The minimum atomic E-state index is -0.205. The maximum Gasteiger partial charge on any atom is 0.227 e. The number of ether oxygens (including phenoxy) is 2. The summed E-state index contributed by atoms with van der Waals surface area (Å²) in [6.07, 6.45) is 5.74. The quantitative estimate of drug-likeness (QED) is 0.639. The molecule has 0 aromatic heterocycles. The van der Waals surface area contributed by atoms with E-state index in [2.05, 4.69) is 13.8 Å². The Labute approximate surface area is 134 Å². The Morgan fingerprint density at radius 1 is 1.23 bits per heavy atom. The van der Waals surface area contributed by atoms with Gasteiger partial charge in [-0.1, -0.05) is 19.4 Å². The van der Waals surface area contributed by atoms with Gasteiger partial charge >= 0.3 is 0 Å². The number of allylic oxidation sites excluding steroid dienone is 2. The summed E-state index contributed by atoms with van der Waals surface area (Å²) in [7, 11) is 0. The third-order valence-corrected chi connectivity index (χ3v) is 4.95. The van der Waals surface area contributed by atoms with Crippen molar-refractivity contribution in [3.63, 3.8) is 0 Å². The van der Waals surface area contributed by atoms with Crippen molar-refractivity contribution < 1.29 is 14.3 Å². The van der Waals surface area contributed by atoms with E-state index in [9.17, 15) is 4.79 Å². The number of hydrogen-bond donors (Lipinski definition) is 0. The number of rotatable bonds is 8. The summed E-state index contributed by atoms with van der Waals surface area (Å²) in [6.45, 7) is 10.4. The maximum atomic E-state index is 12.5. The molecule has 0 aromatic carbocycles. The molecule has 4 nitrogen and oxygen atoms in total.